The van der Waals surface area contributed by atoms with E-state index in [-0.39, 0.29) is 17.0 Å². The summed E-state index contributed by atoms with van der Waals surface area (Å²) in [5.74, 6) is 0. The highest BCUT2D eigenvalue weighted by atomic mass is 79.9. The van der Waals surface area contributed by atoms with E-state index in [1.807, 2.05) is 0 Å². The van der Waals surface area contributed by atoms with Gasteiger partial charge in [-0.15, -0.1) is 0 Å². The Labute approximate surface area is 200 Å². The first kappa shape index (κ1) is 24.5. The lowest BCUT2D eigenvalue weighted by atomic mass is 9.92. The van der Waals surface area contributed by atoms with Crippen molar-refractivity contribution in [3.05, 3.63) is 60.2 Å². The van der Waals surface area contributed by atoms with Crippen molar-refractivity contribution >= 4 is 39.6 Å². The zero-order valence-corrected chi connectivity index (χ0v) is 22.1. The topological polar surface area (TPSA) is 0 Å². The maximum absolute atomic E-state index is 2.56. The molecule has 31 heavy (non-hydrogen) atoms. The van der Waals surface area contributed by atoms with E-state index in [2.05, 4.69) is 75.4 Å². The van der Waals surface area contributed by atoms with E-state index < -0.39 is 7.26 Å². The third-order valence-corrected chi connectivity index (χ3v) is 11.9. The van der Waals surface area contributed by atoms with E-state index >= 15 is 0 Å². The van der Waals surface area contributed by atoms with E-state index in [1.54, 1.807) is 5.56 Å². The Morgan fingerprint density at radius 3 is 1.71 bits per heavy atom. The lowest BCUT2D eigenvalue weighted by Crippen LogP contribution is -3.00. The molecular formula is C29H38BrP. The summed E-state index contributed by atoms with van der Waals surface area (Å²) in [5, 5.41) is 8.71. The van der Waals surface area contributed by atoms with Crippen molar-refractivity contribution < 1.29 is 17.0 Å². The molecule has 0 aromatic heterocycles. The fourth-order valence-corrected chi connectivity index (χ4v) is 10.5. The molecule has 0 heterocycles. The van der Waals surface area contributed by atoms with Gasteiger partial charge >= 0.3 is 0 Å². The van der Waals surface area contributed by atoms with Crippen molar-refractivity contribution in [1.29, 1.82) is 0 Å². The Balaban J connectivity index is 0.00000272. The predicted octanol–water partition coefficient (Wildman–Crippen LogP) is 6.51. The Morgan fingerprint density at radius 2 is 1.13 bits per heavy atom. The molecule has 0 aliphatic rings. The maximum atomic E-state index is 2.56. The molecule has 4 rings (SSSR count). The van der Waals surface area contributed by atoms with E-state index in [0.29, 0.717) is 0 Å². The zero-order valence-electron chi connectivity index (χ0n) is 19.6. The van der Waals surface area contributed by atoms with Gasteiger partial charge in [-0.3, -0.25) is 0 Å². The van der Waals surface area contributed by atoms with Crippen LogP contribution in [0.2, 0.25) is 0 Å². The van der Waals surface area contributed by atoms with Crippen LogP contribution in [0, 0.1) is 0 Å². The minimum Gasteiger partial charge on any atom is -1.00 e. The first-order valence-electron chi connectivity index (χ1n) is 12.2. The number of benzene rings is 4. The number of hydrogen-bond donors (Lipinski definition) is 0. The molecule has 0 aliphatic heterocycles. The third-order valence-electron chi connectivity index (χ3n) is 7.06. The van der Waals surface area contributed by atoms with Crippen LogP contribution in [0.25, 0.3) is 32.3 Å². The molecule has 166 valence electrons. The molecule has 0 saturated heterocycles. The van der Waals surface area contributed by atoms with Crippen LogP contribution in [-0.4, -0.2) is 18.5 Å². The van der Waals surface area contributed by atoms with Crippen molar-refractivity contribution in [2.24, 2.45) is 0 Å². The fourth-order valence-electron chi connectivity index (χ4n) is 5.38. The van der Waals surface area contributed by atoms with Crippen molar-refractivity contribution in [1.82, 2.24) is 0 Å². The molecule has 0 saturated carbocycles. The van der Waals surface area contributed by atoms with Gasteiger partial charge in [-0.25, -0.2) is 0 Å². The van der Waals surface area contributed by atoms with Gasteiger partial charge in [-0.2, -0.15) is 0 Å². The van der Waals surface area contributed by atoms with Crippen LogP contribution >= 0.6 is 7.26 Å². The monoisotopic (exact) mass is 496 g/mol. The molecule has 4 aromatic carbocycles. The predicted molar refractivity (Wildman–Crippen MR) is 140 cm³/mol. The standard InChI is InChI=1S/C29H38P.BrH/c1-4-7-18-30(19-8-5-2,20-9-6-3)22-26-21-25-14-10-12-23-16-17-24-13-11-15-27(26)29(24)28(23)25;/h10-17,21H,4-9,18-20,22H2,1-3H3;1H/q+1;/p-1. The van der Waals surface area contributed by atoms with Crippen molar-refractivity contribution in [2.45, 2.75) is 65.5 Å². The zero-order chi connectivity index (χ0) is 21.0. The number of halogens is 1. The highest BCUT2D eigenvalue weighted by Gasteiger charge is 2.36. The van der Waals surface area contributed by atoms with Crippen LogP contribution in [0.5, 0.6) is 0 Å². The summed E-state index contributed by atoms with van der Waals surface area (Å²) in [7, 11) is -0.977. The van der Waals surface area contributed by atoms with Crippen molar-refractivity contribution in [2.75, 3.05) is 18.5 Å². The highest BCUT2D eigenvalue weighted by Crippen LogP contribution is 2.64. The van der Waals surface area contributed by atoms with Crippen molar-refractivity contribution in [3.8, 4) is 0 Å². The second-order valence-corrected chi connectivity index (χ2v) is 13.7. The molecule has 0 atom stereocenters. The minimum absolute atomic E-state index is 0. The molecule has 0 spiro atoms. The van der Waals surface area contributed by atoms with Crippen LogP contribution in [0.3, 0.4) is 0 Å². The first-order chi connectivity index (χ1) is 14.7. The van der Waals surface area contributed by atoms with Crippen LogP contribution in [-0.2, 0) is 6.16 Å². The van der Waals surface area contributed by atoms with Gasteiger partial charge in [0.25, 0.3) is 0 Å². The average molecular weight is 498 g/mol. The summed E-state index contributed by atoms with van der Waals surface area (Å²) in [6.45, 7) is 7.10. The van der Waals surface area contributed by atoms with Crippen LogP contribution < -0.4 is 17.0 Å². The molecule has 0 bridgehead atoms. The SMILES string of the molecule is CCCC[P+](CCCC)(CCCC)Cc1cc2cccc3ccc4cccc1c4c32.[Br-]. The smallest absolute Gasteiger partial charge is 0.0849 e. The lowest BCUT2D eigenvalue weighted by molar-refractivity contribution is -0.00000621. The van der Waals surface area contributed by atoms with Gasteiger partial charge in [0, 0.05) is 7.26 Å². The number of rotatable bonds is 11. The fraction of sp³-hybridized carbons (Fsp3) is 0.448. The molecule has 0 aliphatic carbocycles. The molecular weight excluding hydrogens is 459 g/mol. The molecule has 0 nitrogen and oxygen atoms in total. The second kappa shape index (κ2) is 11.1. The Bertz CT molecular complexity index is 1080. The maximum Gasteiger partial charge on any atom is 0.0849 e. The Morgan fingerprint density at radius 1 is 0.613 bits per heavy atom. The van der Waals surface area contributed by atoms with Gasteiger partial charge < -0.3 is 17.0 Å². The van der Waals surface area contributed by atoms with Gasteiger partial charge in [0.2, 0.25) is 0 Å². The van der Waals surface area contributed by atoms with Gasteiger partial charge in [0.1, 0.15) is 0 Å². The van der Waals surface area contributed by atoms with E-state index in [0.717, 1.165) is 0 Å². The summed E-state index contributed by atoms with van der Waals surface area (Å²) in [6, 6.07) is 21.0. The van der Waals surface area contributed by atoms with E-state index in [1.165, 1.54) is 95.5 Å². The molecule has 0 unspecified atom stereocenters. The quantitative estimate of drug-likeness (QED) is 0.164. The van der Waals surface area contributed by atoms with Crippen LogP contribution in [0.1, 0.15) is 64.9 Å². The number of unbranched alkanes of at least 4 members (excludes halogenated alkanes) is 3. The molecule has 0 fully saturated rings. The lowest BCUT2D eigenvalue weighted by Gasteiger charge is -2.29. The third kappa shape index (κ3) is 5.09. The molecule has 4 aromatic rings. The molecule has 0 N–H and O–H groups in total. The Hall–Kier alpha value is -1.17. The van der Waals surface area contributed by atoms with Gasteiger partial charge in [0.15, 0.2) is 0 Å². The molecule has 0 amide bonds. The van der Waals surface area contributed by atoms with E-state index in [9.17, 15) is 0 Å². The minimum atomic E-state index is -0.977. The summed E-state index contributed by atoms with van der Waals surface area (Å²) in [5.41, 5.74) is 1.63. The van der Waals surface area contributed by atoms with Crippen molar-refractivity contribution in [3.63, 3.8) is 0 Å². The average Bonchev–Trinajstić information content (AvgIpc) is 2.79. The largest absolute Gasteiger partial charge is 1.00 e. The number of hydrogen-bond acceptors (Lipinski definition) is 0. The normalized spacial score (nSPS) is 12.1. The first-order valence-corrected chi connectivity index (χ1v) is 14.7. The summed E-state index contributed by atoms with van der Waals surface area (Å²) >= 11 is 0. The Kier molecular flexibility index (Phi) is 8.77. The summed E-state index contributed by atoms with van der Waals surface area (Å²) in [6.07, 6.45) is 14.0. The van der Waals surface area contributed by atoms with Crippen LogP contribution in [0.15, 0.2) is 54.6 Å². The van der Waals surface area contributed by atoms with E-state index in [4.69, 9.17) is 0 Å². The summed E-state index contributed by atoms with van der Waals surface area (Å²) in [4.78, 5) is 0. The molecule has 2 heteroatoms. The van der Waals surface area contributed by atoms with Gasteiger partial charge in [-0.1, -0.05) is 88.6 Å². The molecule has 0 radical (unpaired) electrons. The summed E-state index contributed by atoms with van der Waals surface area (Å²) < 4.78 is 0. The van der Waals surface area contributed by atoms with Crippen LogP contribution in [0.4, 0.5) is 0 Å². The van der Waals surface area contributed by atoms with Gasteiger partial charge in [0.05, 0.1) is 24.6 Å². The van der Waals surface area contributed by atoms with Gasteiger partial charge in [-0.05, 0) is 63.2 Å². The second-order valence-electron chi connectivity index (χ2n) is 9.32. The highest BCUT2D eigenvalue weighted by molar-refractivity contribution is 7.75.